The van der Waals surface area contributed by atoms with Crippen LogP contribution >= 0.6 is 0 Å². The van der Waals surface area contributed by atoms with Crippen molar-refractivity contribution in [2.24, 2.45) is 0 Å². The van der Waals surface area contributed by atoms with Crippen LogP contribution in [0.4, 0.5) is 23.7 Å². The molecule has 1 aromatic carbocycles. The van der Waals surface area contributed by atoms with Crippen molar-refractivity contribution in [1.82, 2.24) is 19.8 Å². The molecule has 0 radical (unpaired) electrons. The first kappa shape index (κ1) is 25.0. The molecule has 2 amide bonds. The standard InChI is InChI=1S/C26H32F3N5O2/c1-32(2)25(19-7-4-3-5-8-19)13-11-23(12-14-25)17-33(20-15-30-21(31-16-20)26(27,28)29)22(35)34(23)18-24(36)9-6-10-24/h3-5,7-8,15-16,36H,6,9-14,17-18H2,1-2H3/t23-,25+. The molecule has 2 aliphatic carbocycles. The number of urea groups is 1. The molecule has 1 N–H and O–H groups in total. The summed E-state index contributed by atoms with van der Waals surface area (Å²) < 4.78 is 39.0. The predicted octanol–water partition coefficient (Wildman–Crippen LogP) is 4.42. The van der Waals surface area contributed by atoms with Gasteiger partial charge in [0, 0.05) is 5.54 Å². The quantitative estimate of drug-likeness (QED) is 0.654. The highest BCUT2D eigenvalue weighted by atomic mass is 19.4. The van der Waals surface area contributed by atoms with E-state index < -0.39 is 23.1 Å². The number of aliphatic hydroxyl groups is 1. The van der Waals surface area contributed by atoms with Crippen LogP contribution in [0.5, 0.6) is 0 Å². The van der Waals surface area contributed by atoms with Gasteiger partial charge in [-0.15, -0.1) is 0 Å². The minimum absolute atomic E-state index is 0.181. The van der Waals surface area contributed by atoms with Gasteiger partial charge in [0.05, 0.1) is 42.3 Å². The zero-order valence-corrected chi connectivity index (χ0v) is 20.6. The highest BCUT2D eigenvalue weighted by Gasteiger charge is 2.57. The maximum Gasteiger partial charge on any atom is 0.451 e. The van der Waals surface area contributed by atoms with Crippen LogP contribution in [0.1, 0.15) is 56.3 Å². The van der Waals surface area contributed by atoms with E-state index in [4.69, 9.17) is 0 Å². The number of alkyl halides is 3. The van der Waals surface area contributed by atoms with Crippen molar-refractivity contribution in [2.75, 3.05) is 32.1 Å². The molecule has 0 atom stereocenters. The lowest BCUT2D eigenvalue weighted by Gasteiger charge is -2.52. The Morgan fingerprint density at radius 1 is 1.00 bits per heavy atom. The molecule has 1 saturated heterocycles. The third kappa shape index (κ3) is 4.14. The summed E-state index contributed by atoms with van der Waals surface area (Å²) in [5.74, 6) is -1.23. The van der Waals surface area contributed by atoms with Gasteiger partial charge < -0.3 is 10.0 Å². The average molecular weight is 504 g/mol. The summed E-state index contributed by atoms with van der Waals surface area (Å²) in [5.41, 5.74) is -0.154. The summed E-state index contributed by atoms with van der Waals surface area (Å²) in [4.78, 5) is 26.2. The Morgan fingerprint density at radius 2 is 1.61 bits per heavy atom. The molecular formula is C26H32F3N5O2. The topological polar surface area (TPSA) is 72.8 Å². The van der Waals surface area contributed by atoms with E-state index in [0.29, 0.717) is 32.2 Å². The van der Waals surface area contributed by atoms with Gasteiger partial charge in [-0.05, 0) is 64.6 Å². The van der Waals surface area contributed by atoms with Gasteiger partial charge in [-0.25, -0.2) is 14.8 Å². The molecule has 5 rings (SSSR count). The number of amides is 2. The van der Waals surface area contributed by atoms with Crippen molar-refractivity contribution >= 4 is 11.7 Å². The van der Waals surface area contributed by atoms with Crippen molar-refractivity contribution < 1.29 is 23.1 Å². The molecule has 36 heavy (non-hydrogen) atoms. The number of hydrogen-bond donors (Lipinski definition) is 1. The van der Waals surface area contributed by atoms with Crippen molar-refractivity contribution in [3.05, 3.63) is 54.1 Å². The number of benzene rings is 1. The molecule has 7 nitrogen and oxygen atoms in total. The molecule has 194 valence electrons. The number of carbonyl (C=O) groups is 1. The Bertz CT molecular complexity index is 1090. The monoisotopic (exact) mass is 503 g/mol. The zero-order chi connectivity index (χ0) is 25.8. The lowest BCUT2D eigenvalue weighted by molar-refractivity contribution is -0.144. The molecule has 2 heterocycles. The fraction of sp³-hybridized carbons (Fsp3) is 0.577. The van der Waals surface area contributed by atoms with E-state index >= 15 is 0 Å². The number of β-amino-alcohol motifs (C(OH)–C–C–N with tert-alkyl or cyclic N) is 1. The van der Waals surface area contributed by atoms with Crippen molar-refractivity contribution in [2.45, 2.75) is 67.8 Å². The van der Waals surface area contributed by atoms with Crippen LogP contribution in [0.3, 0.4) is 0 Å². The van der Waals surface area contributed by atoms with Crippen LogP contribution < -0.4 is 4.90 Å². The van der Waals surface area contributed by atoms with Gasteiger partial charge in [-0.3, -0.25) is 9.80 Å². The highest BCUT2D eigenvalue weighted by molar-refractivity contribution is 5.95. The zero-order valence-electron chi connectivity index (χ0n) is 20.6. The van der Waals surface area contributed by atoms with Gasteiger partial charge in [0.15, 0.2) is 0 Å². The maximum absolute atomic E-state index is 13.7. The van der Waals surface area contributed by atoms with Crippen molar-refractivity contribution in [1.29, 1.82) is 0 Å². The molecule has 1 spiro atoms. The third-order valence-electron chi connectivity index (χ3n) is 8.60. The summed E-state index contributed by atoms with van der Waals surface area (Å²) in [6, 6.07) is 10.0. The molecule has 2 aromatic rings. The van der Waals surface area contributed by atoms with Gasteiger partial charge >= 0.3 is 12.2 Å². The minimum Gasteiger partial charge on any atom is -0.388 e. The van der Waals surface area contributed by atoms with Crippen LogP contribution in [-0.4, -0.2) is 69.2 Å². The lowest BCUT2D eigenvalue weighted by Crippen LogP contribution is -2.59. The number of hydrogen-bond acceptors (Lipinski definition) is 5. The third-order valence-corrected chi connectivity index (χ3v) is 8.60. The van der Waals surface area contributed by atoms with Crippen molar-refractivity contribution in [3.8, 4) is 0 Å². The molecule has 3 fully saturated rings. The number of carbonyl (C=O) groups excluding carboxylic acids is 1. The van der Waals surface area contributed by atoms with Crippen LogP contribution in [0.25, 0.3) is 0 Å². The summed E-state index contributed by atoms with van der Waals surface area (Å²) in [6.45, 7) is 0.555. The Balaban J connectivity index is 1.45. The molecule has 1 aromatic heterocycles. The van der Waals surface area contributed by atoms with E-state index in [9.17, 15) is 23.1 Å². The fourth-order valence-electron chi connectivity index (χ4n) is 6.18. The van der Waals surface area contributed by atoms with Gasteiger partial charge in [0.2, 0.25) is 5.82 Å². The van der Waals surface area contributed by atoms with Crippen LogP contribution in [-0.2, 0) is 11.7 Å². The van der Waals surface area contributed by atoms with E-state index in [2.05, 4.69) is 41.1 Å². The number of halogens is 3. The second-order valence-corrected chi connectivity index (χ2v) is 10.8. The molecule has 1 aliphatic heterocycles. The first-order chi connectivity index (χ1) is 17.0. The fourth-order valence-corrected chi connectivity index (χ4v) is 6.18. The van der Waals surface area contributed by atoms with Crippen molar-refractivity contribution in [3.63, 3.8) is 0 Å². The Kier molecular flexibility index (Phi) is 6.02. The Labute approximate surface area is 208 Å². The smallest absolute Gasteiger partial charge is 0.388 e. The van der Waals surface area contributed by atoms with E-state index in [-0.39, 0.29) is 23.8 Å². The van der Waals surface area contributed by atoms with E-state index in [1.165, 1.54) is 10.5 Å². The second kappa shape index (κ2) is 8.69. The number of nitrogens with zero attached hydrogens (tertiary/aromatic N) is 5. The molecule has 0 bridgehead atoms. The van der Waals surface area contributed by atoms with Gasteiger partial charge in [0.1, 0.15) is 0 Å². The SMILES string of the molecule is CN(C)[C@]1(c2ccccc2)CC[C@]2(CC1)CN(c1cnc(C(F)(F)F)nc1)C(=O)N2CC1(O)CCC1. The second-order valence-electron chi connectivity index (χ2n) is 10.8. The minimum atomic E-state index is -4.65. The van der Waals surface area contributed by atoms with Crippen LogP contribution in [0, 0.1) is 0 Å². The summed E-state index contributed by atoms with van der Waals surface area (Å²) in [5, 5.41) is 11.0. The predicted molar refractivity (Wildman–Crippen MR) is 128 cm³/mol. The summed E-state index contributed by atoms with van der Waals surface area (Å²) in [6.07, 6.45) is 2.72. The number of aromatic nitrogens is 2. The summed E-state index contributed by atoms with van der Waals surface area (Å²) in [7, 11) is 4.15. The molecule has 10 heteroatoms. The largest absolute Gasteiger partial charge is 0.451 e. The van der Waals surface area contributed by atoms with Gasteiger partial charge in [-0.2, -0.15) is 13.2 Å². The Morgan fingerprint density at radius 3 is 2.11 bits per heavy atom. The number of rotatable bonds is 5. The van der Waals surface area contributed by atoms with E-state index in [1.54, 1.807) is 4.90 Å². The molecular weight excluding hydrogens is 471 g/mol. The van der Waals surface area contributed by atoms with Gasteiger partial charge in [0.25, 0.3) is 0 Å². The first-order valence-corrected chi connectivity index (χ1v) is 12.4. The van der Waals surface area contributed by atoms with Crippen LogP contribution in [0.2, 0.25) is 0 Å². The first-order valence-electron chi connectivity index (χ1n) is 12.4. The molecule has 2 saturated carbocycles. The number of anilines is 1. The maximum atomic E-state index is 13.7. The normalized spacial score (nSPS) is 28.1. The Hall–Kier alpha value is -2.72. The van der Waals surface area contributed by atoms with E-state index in [1.807, 2.05) is 18.2 Å². The summed E-state index contributed by atoms with van der Waals surface area (Å²) >= 11 is 0. The lowest BCUT2D eigenvalue weighted by atomic mass is 9.67. The average Bonchev–Trinajstić information content (AvgIpc) is 3.10. The highest BCUT2D eigenvalue weighted by Crippen LogP contribution is 2.50. The molecule has 3 aliphatic rings. The van der Waals surface area contributed by atoms with E-state index in [0.717, 1.165) is 31.7 Å². The molecule has 0 unspecified atom stereocenters. The van der Waals surface area contributed by atoms with Crippen LogP contribution in [0.15, 0.2) is 42.7 Å². The van der Waals surface area contributed by atoms with Gasteiger partial charge in [-0.1, -0.05) is 30.3 Å².